The Hall–Kier alpha value is -2.17. The van der Waals surface area contributed by atoms with Gasteiger partial charge in [0.2, 0.25) is 0 Å². The molecule has 0 saturated heterocycles. The van der Waals surface area contributed by atoms with Crippen LogP contribution in [-0.2, 0) is 0 Å². The third-order valence-electron chi connectivity index (χ3n) is 3.30. The number of nitrogens with zero attached hydrogens (tertiary/aromatic N) is 1. The Balaban J connectivity index is 1.73. The van der Waals surface area contributed by atoms with E-state index >= 15 is 0 Å². The van der Waals surface area contributed by atoms with Gasteiger partial charge in [-0.05, 0) is 12.0 Å². The van der Waals surface area contributed by atoms with E-state index in [1.807, 2.05) is 30.3 Å². The molecular formula is C14H13F2N3. The van der Waals surface area contributed by atoms with Gasteiger partial charge in [0.1, 0.15) is 0 Å². The van der Waals surface area contributed by atoms with E-state index in [1.54, 1.807) is 0 Å². The molecule has 2 aromatic rings. The van der Waals surface area contributed by atoms with Gasteiger partial charge in [-0.2, -0.15) is 0 Å². The number of pyridine rings is 1. The predicted octanol–water partition coefficient (Wildman–Crippen LogP) is 2.91. The minimum atomic E-state index is -0.835. The van der Waals surface area contributed by atoms with Gasteiger partial charge in [-0.25, -0.2) is 13.8 Å². The Morgan fingerprint density at radius 1 is 1.16 bits per heavy atom. The topological polar surface area (TPSA) is 50.9 Å². The first-order chi connectivity index (χ1) is 9.15. The summed E-state index contributed by atoms with van der Waals surface area (Å²) in [5, 5.41) is 2.97. The maximum absolute atomic E-state index is 13.5. The lowest BCUT2D eigenvalue weighted by Crippen LogP contribution is -2.10. The molecule has 1 aromatic heterocycles. The second-order valence-corrected chi connectivity index (χ2v) is 4.69. The maximum atomic E-state index is 13.5. The van der Waals surface area contributed by atoms with Gasteiger partial charge in [-0.3, -0.25) is 0 Å². The van der Waals surface area contributed by atoms with Gasteiger partial charge >= 0.3 is 0 Å². The van der Waals surface area contributed by atoms with E-state index < -0.39 is 11.6 Å². The molecule has 0 radical (unpaired) electrons. The average molecular weight is 261 g/mol. The first-order valence-electron chi connectivity index (χ1n) is 6.08. The molecule has 1 saturated carbocycles. The molecule has 1 aromatic carbocycles. The zero-order valence-electron chi connectivity index (χ0n) is 10.1. The lowest BCUT2D eigenvalue weighted by molar-refractivity contribution is 0.579. The number of hydrogen-bond donors (Lipinski definition) is 2. The van der Waals surface area contributed by atoms with Crippen LogP contribution in [0, 0.1) is 11.6 Å². The fraction of sp³-hybridized carbons (Fsp3) is 0.214. The van der Waals surface area contributed by atoms with Gasteiger partial charge < -0.3 is 11.1 Å². The van der Waals surface area contributed by atoms with Gasteiger partial charge in [0, 0.05) is 18.0 Å². The molecule has 3 nitrogen and oxygen atoms in total. The number of halogens is 2. The Kier molecular flexibility index (Phi) is 2.81. The van der Waals surface area contributed by atoms with Crippen molar-refractivity contribution in [3.05, 3.63) is 53.6 Å². The third-order valence-corrected chi connectivity index (χ3v) is 3.30. The second-order valence-electron chi connectivity index (χ2n) is 4.69. The molecule has 3 rings (SSSR count). The van der Waals surface area contributed by atoms with Crippen LogP contribution in [0.15, 0.2) is 36.4 Å². The van der Waals surface area contributed by atoms with Crippen LogP contribution in [0.4, 0.5) is 20.4 Å². The maximum Gasteiger partial charge on any atom is 0.168 e. The summed E-state index contributed by atoms with van der Waals surface area (Å²) in [6.07, 6.45) is 0.905. The standard InChI is InChI=1S/C14H13F2N3/c15-10-7-11(16)14(19-13(10)17)18-12-6-9(12)8-4-2-1-3-5-8/h1-5,7,9,12H,6H2,(H3,17,18,19). The monoisotopic (exact) mass is 261 g/mol. The highest BCUT2D eigenvalue weighted by atomic mass is 19.1. The molecule has 3 N–H and O–H groups in total. The number of hydrogen-bond acceptors (Lipinski definition) is 3. The smallest absolute Gasteiger partial charge is 0.168 e. The molecule has 1 fully saturated rings. The highest BCUT2D eigenvalue weighted by molar-refractivity contribution is 5.48. The van der Waals surface area contributed by atoms with Crippen LogP contribution in [0.25, 0.3) is 0 Å². The van der Waals surface area contributed by atoms with E-state index in [1.165, 1.54) is 5.56 Å². The summed E-state index contributed by atoms with van der Waals surface area (Å²) in [7, 11) is 0. The molecule has 0 amide bonds. The number of anilines is 2. The van der Waals surface area contributed by atoms with Crippen molar-refractivity contribution in [2.45, 2.75) is 18.4 Å². The van der Waals surface area contributed by atoms with E-state index in [2.05, 4.69) is 10.3 Å². The fourth-order valence-electron chi connectivity index (χ4n) is 2.18. The van der Waals surface area contributed by atoms with E-state index in [0.29, 0.717) is 5.92 Å². The SMILES string of the molecule is Nc1nc(NC2CC2c2ccccc2)c(F)cc1F. The molecule has 98 valence electrons. The Morgan fingerprint density at radius 3 is 2.63 bits per heavy atom. The molecule has 19 heavy (non-hydrogen) atoms. The van der Waals surface area contributed by atoms with Crippen LogP contribution in [0.3, 0.4) is 0 Å². The van der Waals surface area contributed by atoms with E-state index in [9.17, 15) is 8.78 Å². The second kappa shape index (κ2) is 4.50. The van der Waals surface area contributed by atoms with Crippen molar-refractivity contribution >= 4 is 11.6 Å². The lowest BCUT2D eigenvalue weighted by Gasteiger charge is -2.07. The average Bonchev–Trinajstić information content (AvgIpc) is 3.16. The molecule has 0 bridgehead atoms. The summed E-state index contributed by atoms with van der Waals surface area (Å²) in [6, 6.07) is 10.8. The molecule has 1 heterocycles. The van der Waals surface area contributed by atoms with E-state index in [0.717, 1.165) is 12.5 Å². The molecule has 2 atom stereocenters. The van der Waals surface area contributed by atoms with E-state index in [-0.39, 0.29) is 17.7 Å². The van der Waals surface area contributed by atoms with Crippen LogP contribution < -0.4 is 11.1 Å². The minimum Gasteiger partial charge on any atom is -0.381 e. The van der Waals surface area contributed by atoms with Crippen LogP contribution >= 0.6 is 0 Å². The van der Waals surface area contributed by atoms with Gasteiger partial charge in [0.05, 0.1) is 0 Å². The first kappa shape index (κ1) is 11.9. The van der Waals surface area contributed by atoms with Crippen molar-refractivity contribution < 1.29 is 8.78 Å². The summed E-state index contributed by atoms with van der Waals surface area (Å²) in [5.74, 6) is -1.49. The zero-order chi connectivity index (χ0) is 13.4. The van der Waals surface area contributed by atoms with Crippen LogP contribution in [0.5, 0.6) is 0 Å². The number of nitrogens with one attached hydrogen (secondary N) is 1. The Labute approximate surface area is 109 Å². The van der Waals surface area contributed by atoms with Crippen molar-refractivity contribution in [3.63, 3.8) is 0 Å². The highest BCUT2D eigenvalue weighted by Gasteiger charge is 2.39. The molecular weight excluding hydrogens is 248 g/mol. The molecule has 0 aliphatic heterocycles. The number of rotatable bonds is 3. The summed E-state index contributed by atoms with van der Waals surface area (Å²) >= 11 is 0. The number of nitrogen functional groups attached to an aromatic ring is 1. The van der Waals surface area contributed by atoms with E-state index in [4.69, 9.17) is 5.73 Å². The largest absolute Gasteiger partial charge is 0.381 e. The number of benzene rings is 1. The van der Waals surface area contributed by atoms with Crippen molar-refractivity contribution in [3.8, 4) is 0 Å². The first-order valence-corrected chi connectivity index (χ1v) is 6.08. The van der Waals surface area contributed by atoms with Crippen molar-refractivity contribution in [2.24, 2.45) is 0 Å². The molecule has 0 spiro atoms. The molecule has 1 aliphatic carbocycles. The third kappa shape index (κ3) is 2.36. The van der Waals surface area contributed by atoms with Gasteiger partial charge in [-0.1, -0.05) is 30.3 Å². The highest BCUT2D eigenvalue weighted by Crippen LogP contribution is 2.42. The van der Waals surface area contributed by atoms with Crippen LogP contribution in [0.1, 0.15) is 17.9 Å². The summed E-state index contributed by atoms with van der Waals surface area (Å²) in [5.41, 5.74) is 6.54. The molecule has 5 heteroatoms. The number of nitrogens with two attached hydrogens (primary N) is 1. The quantitative estimate of drug-likeness (QED) is 0.893. The van der Waals surface area contributed by atoms with Crippen molar-refractivity contribution in [1.29, 1.82) is 0 Å². The van der Waals surface area contributed by atoms with Gasteiger partial charge in [0.25, 0.3) is 0 Å². The molecule has 2 unspecified atom stereocenters. The van der Waals surface area contributed by atoms with Crippen molar-refractivity contribution in [2.75, 3.05) is 11.1 Å². The Bertz CT molecular complexity index is 601. The van der Waals surface area contributed by atoms with Crippen molar-refractivity contribution in [1.82, 2.24) is 4.98 Å². The van der Waals surface area contributed by atoms with Crippen LogP contribution in [0.2, 0.25) is 0 Å². The predicted molar refractivity (Wildman–Crippen MR) is 69.8 cm³/mol. The normalized spacial score (nSPS) is 21.2. The fourth-order valence-corrected chi connectivity index (χ4v) is 2.18. The number of aromatic nitrogens is 1. The summed E-state index contributed by atoms with van der Waals surface area (Å²) < 4.78 is 26.5. The summed E-state index contributed by atoms with van der Waals surface area (Å²) in [6.45, 7) is 0. The lowest BCUT2D eigenvalue weighted by atomic mass is 10.1. The summed E-state index contributed by atoms with van der Waals surface area (Å²) in [4.78, 5) is 3.70. The minimum absolute atomic E-state index is 0.0160. The zero-order valence-corrected chi connectivity index (χ0v) is 10.1. The Morgan fingerprint density at radius 2 is 1.89 bits per heavy atom. The van der Waals surface area contributed by atoms with Gasteiger partial charge in [-0.15, -0.1) is 0 Å². The van der Waals surface area contributed by atoms with Crippen LogP contribution in [-0.4, -0.2) is 11.0 Å². The molecule has 1 aliphatic rings. The van der Waals surface area contributed by atoms with Gasteiger partial charge in [0.15, 0.2) is 23.3 Å².